The molecule has 1 rings (SSSR count). The van der Waals surface area contributed by atoms with Gasteiger partial charge in [0.2, 0.25) is 0 Å². The van der Waals surface area contributed by atoms with Crippen LogP contribution in [0.25, 0.3) is 0 Å². The molecule has 0 bridgehead atoms. The second-order valence-corrected chi connectivity index (χ2v) is 5.53. The van der Waals surface area contributed by atoms with Gasteiger partial charge in [-0.3, -0.25) is 4.79 Å². The zero-order chi connectivity index (χ0) is 13.5. The van der Waals surface area contributed by atoms with Crippen molar-refractivity contribution in [1.82, 2.24) is 0 Å². The Balaban J connectivity index is 2.87. The fourth-order valence-electron chi connectivity index (χ4n) is 2.46. The van der Waals surface area contributed by atoms with Gasteiger partial charge in [-0.2, -0.15) is 0 Å². The second kappa shape index (κ2) is 7.35. The summed E-state index contributed by atoms with van der Waals surface area (Å²) in [6.07, 6.45) is 12.0. The maximum absolute atomic E-state index is 11.7. The molecule has 0 aliphatic heterocycles. The number of ketones is 1. The summed E-state index contributed by atoms with van der Waals surface area (Å²) in [4.78, 5) is 11.7. The fourth-order valence-corrected chi connectivity index (χ4v) is 2.46. The second-order valence-electron chi connectivity index (χ2n) is 5.53. The Labute approximate surface area is 112 Å². The van der Waals surface area contributed by atoms with Crippen LogP contribution < -0.4 is 0 Å². The SMILES string of the molecule is CC(=O)C1CC/C(C)=C\C/C=C(/C)CCC=C1C. The number of allylic oxidation sites excluding steroid dienone is 6. The minimum Gasteiger partial charge on any atom is -0.299 e. The molecule has 0 radical (unpaired) electrons. The van der Waals surface area contributed by atoms with E-state index in [2.05, 4.69) is 39.0 Å². The Morgan fingerprint density at radius 1 is 1.06 bits per heavy atom. The van der Waals surface area contributed by atoms with E-state index in [1.165, 1.54) is 16.7 Å². The third-order valence-electron chi connectivity index (χ3n) is 3.81. The van der Waals surface area contributed by atoms with Crippen LogP contribution in [0.3, 0.4) is 0 Å². The van der Waals surface area contributed by atoms with E-state index in [1.807, 2.05) is 0 Å². The number of hydrogen-bond acceptors (Lipinski definition) is 1. The number of carbonyl (C=O) groups excluding carboxylic acids is 1. The number of Topliss-reactive ketones (excluding diaryl/α,β-unsaturated/α-hetero) is 1. The van der Waals surface area contributed by atoms with Crippen molar-refractivity contribution in [2.45, 2.75) is 59.8 Å². The van der Waals surface area contributed by atoms with E-state index in [9.17, 15) is 4.79 Å². The van der Waals surface area contributed by atoms with Gasteiger partial charge in [-0.15, -0.1) is 0 Å². The highest BCUT2D eigenvalue weighted by atomic mass is 16.1. The molecule has 1 aliphatic rings. The summed E-state index contributed by atoms with van der Waals surface area (Å²) in [6, 6.07) is 0. The maximum Gasteiger partial charge on any atom is 0.136 e. The van der Waals surface area contributed by atoms with E-state index in [0.717, 1.165) is 32.1 Å². The minimum atomic E-state index is 0.122. The maximum atomic E-state index is 11.7. The van der Waals surface area contributed by atoms with Crippen LogP contribution in [0.1, 0.15) is 59.8 Å². The van der Waals surface area contributed by atoms with Gasteiger partial charge in [0.1, 0.15) is 5.78 Å². The lowest BCUT2D eigenvalue weighted by Gasteiger charge is -2.15. The molecule has 0 N–H and O–H groups in total. The molecule has 0 saturated heterocycles. The number of hydrogen-bond donors (Lipinski definition) is 0. The Morgan fingerprint density at radius 3 is 2.28 bits per heavy atom. The van der Waals surface area contributed by atoms with Gasteiger partial charge in [0, 0.05) is 5.92 Å². The summed E-state index contributed by atoms with van der Waals surface area (Å²) in [5.41, 5.74) is 4.10. The average molecular weight is 246 g/mol. The van der Waals surface area contributed by atoms with Crippen molar-refractivity contribution >= 4 is 5.78 Å². The molecule has 1 unspecified atom stereocenters. The Bertz CT molecular complexity index is 382. The van der Waals surface area contributed by atoms with E-state index in [-0.39, 0.29) is 5.92 Å². The van der Waals surface area contributed by atoms with E-state index in [4.69, 9.17) is 0 Å². The van der Waals surface area contributed by atoms with Crippen molar-refractivity contribution in [1.29, 1.82) is 0 Å². The van der Waals surface area contributed by atoms with Gasteiger partial charge in [-0.1, -0.05) is 34.9 Å². The quantitative estimate of drug-likeness (QED) is 0.595. The fraction of sp³-hybridized carbons (Fsp3) is 0.588. The summed E-state index contributed by atoms with van der Waals surface area (Å²) >= 11 is 0. The lowest BCUT2D eigenvalue weighted by Crippen LogP contribution is -2.12. The average Bonchev–Trinajstić information content (AvgIpc) is 2.27. The van der Waals surface area contributed by atoms with Crippen LogP contribution in [0.5, 0.6) is 0 Å². The number of rotatable bonds is 1. The Morgan fingerprint density at radius 2 is 1.67 bits per heavy atom. The molecule has 1 heteroatoms. The molecule has 18 heavy (non-hydrogen) atoms. The van der Waals surface area contributed by atoms with E-state index in [1.54, 1.807) is 6.92 Å². The van der Waals surface area contributed by atoms with Crippen molar-refractivity contribution in [2.24, 2.45) is 5.92 Å². The summed E-state index contributed by atoms with van der Waals surface area (Å²) in [6.45, 7) is 8.19. The van der Waals surface area contributed by atoms with Crippen LogP contribution in [-0.4, -0.2) is 5.78 Å². The van der Waals surface area contributed by atoms with Gasteiger partial charge < -0.3 is 0 Å². The Hall–Kier alpha value is -1.11. The van der Waals surface area contributed by atoms with Crippen LogP contribution >= 0.6 is 0 Å². The van der Waals surface area contributed by atoms with Gasteiger partial charge in [-0.05, 0) is 59.8 Å². The molecular weight excluding hydrogens is 220 g/mol. The summed E-state index contributed by atoms with van der Waals surface area (Å²) in [7, 11) is 0. The van der Waals surface area contributed by atoms with Crippen molar-refractivity contribution in [3.63, 3.8) is 0 Å². The summed E-state index contributed by atoms with van der Waals surface area (Å²) in [5, 5.41) is 0. The zero-order valence-electron chi connectivity index (χ0n) is 12.3. The molecule has 0 spiro atoms. The van der Waals surface area contributed by atoms with Crippen LogP contribution in [0.2, 0.25) is 0 Å². The monoisotopic (exact) mass is 246 g/mol. The van der Waals surface area contributed by atoms with Gasteiger partial charge >= 0.3 is 0 Å². The normalized spacial score (nSPS) is 28.9. The molecule has 0 aromatic rings. The highest BCUT2D eigenvalue weighted by molar-refractivity contribution is 5.81. The predicted molar refractivity (Wildman–Crippen MR) is 78.5 cm³/mol. The molecule has 0 heterocycles. The molecule has 0 aromatic heterocycles. The molecule has 100 valence electrons. The highest BCUT2D eigenvalue weighted by Gasteiger charge is 2.15. The topological polar surface area (TPSA) is 17.1 Å². The van der Waals surface area contributed by atoms with Crippen LogP contribution in [0.4, 0.5) is 0 Å². The zero-order valence-corrected chi connectivity index (χ0v) is 12.3. The predicted octanol–water partition coefficient (Wildman–Crippen LogP) is 4.99. The third kappa shape index (κ3) is 5.03. The molecule has 1 aliphatic carbocycles. The number of carbonyl (C=O) groups is 1. The highest BCUT2D eigenvalue weighted by Crippen LogP contribution is 2.23. The van der Waals surface area contributed by atoms with Gasteiger partial charge in [-0.25, -0.2) is 0 Å². The first kappa shape index (κ1) is 14.9. The van der Waals surface area contributed by atoms with E-state index in [0.29, 0.717) is 5.78 Å². The van der Waals surface area contributed by atoms with Crippen molar-refractivity contribution in [3.8, 4) is 0 Å². The van der Waals surface area contributed by atoms with E-state index < -0.39 is 0 Å². The molecule has 0 aromatic carbocycles. The molecular formula is C17H26O. The lowest BCUT2D eigenvalue weighted by molar-refractivity contribution is -0.119. The molecule has 0 amide bonds. The molecule has 1 nitrogen and oxygen atoms in total. The van der Waals surface area contributed by atoms with Crippen molar-refractivity contribution < 1.29 is 4.79 Å². The molecule has 0 saturated carbocycles. The van der Waals surface area contributed by atoms with Crippen LogP contribution in [0, 0.1) is 5.92 Å². The van der Waals surface area contributed by atoms with Gasteiger partial charge in [0.05, 0.1) is 0 Å². The first-order valence-electron chi connectivity index (χ1n) is 6.99. The van der Waals surface area contributed by atoms with Crippen LogP contribution in [0.15, 0.2) is 34.9 Å². The van der Waals surface area contributed by atoms with Crippen LogP contribution in [-0.2, 0) is 4.79 Å². The van der Waals surface area contributed by atoms with Gasteiger partial charge in [0.15, 0.2) is 0 Å². The molecule has 0 fully saturated rings. The summed E-state index contributed by atoms with van der Waals surface area (Å²) < 4.78 is 0. The van der Waals surface area contributed by atoms with E-state index >= 15 is 0 Å². The largest absolute Gasteiger partial charge is 0.299 e. The third-order valence-corrected chi connectivity index (χ3v) is 3.81. The van der Waals surface area contributed by atoms with Crippen molar-refractivity contribution in [2.75, 3.05) is 0 Å². The van der Waals surface area contributed by atoms with Crippen molar-refractivity contribution in [3.05, 3.63) is 34.9 Å². The standard InChI is InChI=1S/C17H26O/c1-13-7-5-8-14(2)11-12-17(16(4)18)15(3)10-6-9-13/h7-8,10,17H,5-6,9,11-12H2,1-4H3/b13-7-,14-8-,15-10?. The summed E-state index contributed by atoms with van der Waals surface area (Å²) in [5.74, 6) is 0.429. The minimum absolute atomic E-state index is 0.122. The first-order valence-corrected chi connectivity index (χ1v) is 6.99. The lowest BCUT2D eigenvalue weighted by atomic mass is 9.88. The Kier molecular flexibility index (Phi) is 6.11. The molecule has 1 atom stereocenters. The smallest absolute Gasteiger partial charge is 0.136 e. The van der Waals surface area contributed by atoms with Gasteiger partial charge in [0.25, 0.3) is 0 Å². The first-order chi connectivity index (χ1) is 8.50.